The monoisotopic (exact) mass is 300 g/mol. The molecule has 110 valence electrons. The van der Waals surface area contributed by atoms with Crippen LogP contribution in [-0.4, -0.2) is 34.6 Å². The van der Waals surface area contributed by atoms with Crippen LogP contribution >= 0.6 is 0 Å². The first kappa shape index (κ1) is 14.8. The average molecular weight is 300 g/mol. The Bertz CT molecular complexity index is 608. The van der Waals surface area contributed by atoms with Gasteiger partial charge in [-0.1, -0.05) is 0 Å². The number of hydrogen-bond acceptors (Lipinski definition) is 5. The maximum absolute atomic E-state index is 11.9. The highest BCUT2D eigenvalue weighted by Gasteiger charge is 2.24. The number of amides is 1. The van der Waals surface area contributed by atoms with E-state index in [1.54, 1.807) is 0 Å². The minimum absolute atomic E-state index is 0.0907. The number of rotatable bonds is 4. The third kappa shape index (κ3) is 3.27. The molecule has 1 fully saturated rings. The zero-order valence-electron chi connectivity index (χ0n) is 11.0. The van der Waals surface area contributed by atoms with Crippen molar-refractivity contribution in [2.45, 2.75) is 11.3 Å². The number of carbonyl (C=O) groups excluding carboxylic acids is 1. The smallest absolute Gasteiger partial charge is 0.241 e. The molecule has 1 heterocycles. The predicted molar refractivity (Wildman–Crippen MR) is 71.9 cm³/mol. The number of nitrogens with one attached hydrogen (secondary N) is 1. The lowest BCUT2D eigenvalue weighted by molar-refractivity contribution is -0.119. The molecule has 1 amide bonds. The fraction of sp³-hybridized carbons (Fsp3) is 0.417. The van der Waals surface area contributed by atoms with Crippen LogP contribution in [0.15, 0.2) is 23.1 Å². The topological polar surface area (TPSA) is 108 Å². The summed E-state index contributed by atoms with van der Waals surface area (Å²) >= 11 is 0. The van der Waals surface area contributed by atoms with E-state index in [1.165, 1.54) is 25.3 Å². The van der Waals surface area contributed by atoms with Gasteiger partial charge in [-0.2, -0.15) is 0 Å². The molecule has 0 spiro atoms. The van der Waals surface area contributed by atoms with Gasteiger partial charge in [-0.15, -0.1) is 0 Å². The predicted octanol–water partition coefficient (Wildman–Crippen LogP) is 0.318. The van der Waals surface area contributed by atoms with Gasteiger partial charge in [0.15, 0.2) is 0 Å². The highest BCUT2D eigenvalue weighted by Crippen LogP contribution is 2.27. The van der Waals surface area contributed by atoms with Crippen molar-refractivity contribution in [3.05, 3.63) is 18.2 Å². The quantitative estimate of drug-likeness (QED) is 0.832. The van der Waals surface area contributed by atoms with Crippen LogP contribution in [0.5, 0.6) is 5.75 Å². The van der Waals surface area contributed by atoms with Crippen molar-refractivity contribution in [3.8, 4) is 5.75 Å². The zero-order chi connectivity index (χ0) is 14.8. The van der Waals surface area contributed by atoms with Crippen LogP contribution in [0.25, 0.3) is 0 Å². The molecule has 3 N–H and O–H groups in total. The molecule has 7 nitrogen and oxygen atoms in total. The Morgan fingerprint density at radius 3 is 2.80 bits per heavy atom. The fourth-order valence-electron chi connectivity index (χ4n) is 1.97. The number of benzene rings is 1. The van der Waals surface area contributed by atoms with E-state index < -0.39 is 10.0 Å². The average Bonchev–Trinajstić information content (AvgIpc) is 2.91. The van der Waals surface area contributed by atoms with Crippen molar-refractivity contribution < 1.29 is 22.7 Å². The molecule has 1 aliphatic rings. The van der Waals surface area contributed by atoms with Crippen LogP contribution in [0, 0.1) is 5.92 Å². The van der Waals surface area contributed by atoms with Gasteiger partial charge >= 0.3 is 0 Å². The lowest BCUT2D eigenvalue weighted by Crippen LogP contribution is -2.23. The van der Waals surface area contributed by atoms with Crippen molar-refractivity contribution in [1.29, 1.82) is 0 Å². The Balaban J connectivity index is 2.19. The van der Waals surface area contributed by atoms with Crippen LogP contribution in [0.3, 0.4) is 0 Å². The molecule has 0 aliphatic carbocycles. The molecule has 0 bridgehead atoms. The molecular weight excluding hydrogens is 284 g/mol. The molecule has 1 aliphatic heterocycles. The molecule has 1 atom stereocenters. The standard InChI is InChI=1S/C12H16N2O5S/c1-18-10-6-9(2-3-11(10)20(13,16)17)14-12(15)8-4-5-19-7-8/h2-3,6,8H,4-5,7H2,1H3,(H,14,15)(H2,13,16,17). The van der Waals surface area contributed by atoms with Gasteiger partial charge in [0.1, 0.15) is 10.6 Å². The molecule has 2 rings (SSSR count). The van der Waals surface area contributed by atoms with Crippen LogP contribution in [-0.2, 0) is 19.6 Å². The minimum Gasteiger partial charge on any atom is -0.495 e. The number of ether oxygens (including phenoxy) is 2. The Kier molecular flexibility index (Phi) is 4.26. The minimum atomic E-state index is -3.86. The van der Waals surface area contributed by atoms with E-state index in [-0.39, 0.29) is 22.5 Å². The number of nitrogens with two attached hydrogens (primary N) is 1. The highest BCUT2D eigenvalue weighted by molar-refractivity contribution is 7.89. The Hall–Kier alpha value is -1.64. The summed E-state index contributed by atoms with van der Waals surface area (Å²) < 4.78 is 32.8. The molecular formula is C12H16N2O5S. The second kappa shape index (κ2) is 5.78. The van der Waals surface area contributed by atoms with Gasteiger partial charge < -0.3 is 14.8 Å². The summed E-state index contributed by atoms with van der Waals surface area (Å²) in [7, 11) is -2.53. The van der Waals surface area contributed by atoms with Crippen molar-refractivity contribution in [1.82, 2.24) is 0 Å². The van der Waals surface area contributed by atoms with E-state index in [0.717, 1.165) is 0 Å². The number of methoxy groups -OCH3 is 1. The molecule has 20 heavy (non-hydrogen) atoms. The zero-order valence-corrected chi connectivity index (χ0v) is 11.8. The molecule has 1 unspecified atom stereocenters. The van der Waals surface area contributed by atoms with E-state index in [0.29, 0.717) is 25.3 Å². The molecule has 0 saturated carbocycles. The van der Waals surface area contributed by atoms with Crippen LogP contribution in [0.1, 0.15) is 6.42 Å². The van der Waals surface area contributed by atoms with Crippen LogP contribution in [0.4, 0.5) is 5.69 Å². The lowest BCUT2D eigenvalue weighted by Gasteiger charge is -2.12. The highest BCUT2D eigenvalue weighted by atomic mass is 32.2. The third-order valence-corrected chi connectivity index (χ3v) is 3.99. The number of anilines is 1. The van der Waals surface area contributed by atoms with E-state index in [2.05, 4.69) is 5.32 Å². The van der Waals surface area contributed by atoms with Gasteiger partial charge in [0.2, 0.25) is 15.9 Å². The van der Waals surface area contributed by atoms with Gasteiger partial charge in [-0.25, -0.2) is 13.6 Å². The summed E-state index contributed by atoms with van der Waals surface area (Å²) in [5.74, 6) is -0.250. The van der Waals surface area contributed by atoms with E-state index in [4.69, 9.17) is 14.6 Å². The Morgan fingerprint density at radius 1 is 1.50 bits per heavy atom. The van der Waals surface area contributed by atoms with Gasteiger partial charge in [0, 0.05) is 18.4 Å². The first-order valence-electron chi connectivity index (χ1n) is 6.01. The van der Waals surface area contributed by atoms with Crippen molar-refractivity contribution >= 4 is 21.6 Å². The number of hydrogen-bond donors (Lipinski definition) is 2. The summed E-state index contributed by atoms with van der Waals surface area (Å²) in [4.78, 5) is 11.8. The lowest BCUT2D eigenvalue weighted by atomic mass is 10.1. The number of sulfonamides is 1. The van der Waals surface area contributed by atoms with Gasteiger partial charge in [0.25, 0.3) is 0 Å². The molecule has 0 radical (unpaired) electrons. The van der Waals surface area contributed by atoms with Crippen molar-refractivity contribution in [2.24, 2.45) is 11.1 Å². The molecule has 1 aromatic carbocycles. The fourth-order valence-corrected chi connectivity index (χ4v) is 2.65. The molecule has 0 aromatic heterocycles. The SMILES string of the molecule is COc1cc(NC(=O)C2CCOC2)ccc1S(N)(=O)=O. The Morgan fingerprint density at radius 2 is 2.25 bits per heavy atom. The summed E-state index contributed by atoms with van der Waals surface area (Å²) in [6.07, 6.45) is 0.679. The Labute approximate surface area is 117 Å². The first-order valence-corrected chi connectivity index (χ1v) is 7.56. The second-order valence-corrected chi connectivity index (χ2v) is 5.99. The van der Waals surface area contributed by atoms with Gasteiger partial charge in [-0.05, 0) is 18.6 Å². The van der Waals surface area contributed by atoms with Gasteiger partial charge in [-0.3, -0.25) is 4.79 Å². The number of primary sulfonamides is 1. The third-order valence-electron chi connectivity index (χ3n) is 3.04. The summed E-state index contributed by atoms with van der Waals surface area (Å²) in [6.45, 7) is 0.976. The second-order valence-electron chi connectivity index (χ2n) is 4.46. The van der Waals surface area contributed by atoms with E-state index >= 15 is 0 Å². The van der Waals surface area contributed by atoms with E-state index in [1.807, 2.05) is 0 Å². The normalized spacial score (nSPS) is 18.8. The van der Waals surface area contributed by atoms with Crippen molar-refractivity contribution in [3.63, 3.8) is 0 Å². The molecule has 1 aromatic rings. The first-order chi connectivity index (χ1) is 9.41. The van der Waals surface area contributed by atoms with Crippen LogP contribution < -0.4 is 15.2 Å². The maximum Gasteiger partial charge on any atom is 0.241 e. The van der Waals surface area contributed by atoms with Crippen molar-refractivity contribution in [2.75, 3.05) is 25.6 Å². The maximum atomic E-state index is 11.9. The molecule has 8 heteroatoms. The van der Waals surface area contributed by atoms with Crippen LogP contribution in [0.2, 0.25) is 0 Å². The summed E-state index contributed by atoms with van der Waals surface area (Å²) in [6, 6.07) is 4.19. The molecule has 1 saturated heterocycles. The summed E-state index contributed by atoms with van der Waals surface area (Å²) in [5.41, 5.74) is 0.450. The van der Waals surface area contributed by atoms with Gasteiger partial charge in [0.05, 0.1) is 19.6 Å². The summed E-state index contributed by atoms with van der Waals surface area (Å²) in [5, 5.41) is 7.78. The van der Waals surface area contributed by atoms with E-state index in [9.17, 15) is 13.2 Å². The largest absolute Gasteiger partial charge is 0.495 e. The number of carbonyl (C=O) groups is 1.